The van der Waals surface area contributed by atoms with Crippen LogP contribution in [0.25, 0.3) is 0 Å². The molecule has 2 aromatic carbocycles. The van der Waals surface area contributed by atoms with E-state index in [1.807, 2.05) is 24.3 Å². The Morgan fingerprint density at radius 1 is 1.11 bits per heavy atom. The van der Waals surface area contributed by atoms with E-state index in [1.54, 1.807) is 49.4 Å². The number of allylic oxidation sites excluding steroid dienone is 2. The van der Waals surface area contributed by atoms with Crippen LogP contribution in [0.15, 0.2) is 99.3 Å². The van der Waals surface area contributed by atoms with Gasteiger partial charge in [0.05, 0.1) is 53.0 Å². The molecule has 1 aromatic heterocycles. The second kappa shape index (κ2) is 10.8. The molecule has 4 rings (SSSR count). The molecule has 0 radical (unpaired) electrons. The summed E-state index contributed by atoms with van der Waals surface area (Å²) in [5.74, 6) is -0.0704. The number of para-hydroxylation sites is 2. The van der Waals surface area contributed by atoms with E-state index in [0.717, 1.165) is 0 Å². The summed E-state index contributed by atoms with van der Waals surface area (Å²) in [6.45, 7) is 1.76. The highest BCUT2D eigenvalue weighted by molar-refractivity contribution is 8.03. The fourth-order valence-corrected chi connectivity index (χ4v) is 4.84. The number of rotatable bonds is 8. The monoisotopic (exact) mass is 485 g/mol. The van der Waals surface area contributed by atoms with Crippen LogP contribution in [0.5, 0.6) is 5.75 Å². The van der Waals surface area contributed by atoms with Gasteiger partial charge in [0.15, 0.2) is 5.78 Å². The van der Waals surface area contributed by atoms with Crippen molar-refractivity contribution >= 4 is 29.1 Å². The number of dihydropyridines is 1. The Balaban J connectivity index is 1.65. The molecule has 0 spiro atoms. The minimum atomic E-state index is -0.736. The van der Waals surface area contributed by atoms with Crippen molar-refractivity contribution in [2.75, 3.05) is 18.2 Å². The lowest BCUT2D eigenvalue weighted by molar-refractivity contribution is -0.113. The third-order valence-corrected chi connectivity index (χ3v) is 6.54. The Labute approximate surface area is 207 Å². The fraction of sp³-hybridized carbons (Fsp3) is 0.148. The van der Waals surface area contributed by atoms with Crippen LogP contribution in [0.2, 0.25) is 0 Å². The van der Waals surface area contributed by atoms with E-state index in [-0.39, 0.29) is 11.5 Å². The van der Waals surface area contributed by atoms with Crippen LogP contribution >= 0.6 is 11.8 Å². The normalized spacial score (nSPS) is 15.3. The van der Waals surface area contributed by atoms with Crippen molar-refractivity contribution in [3.05, 3.63) is 106 Å². The van der Waals surface area contributed by atoms with Gasteiger partial charge in [0, 0.05) is 11.3 Å². The number of nitrogens with one attached hydrogen (secondary N) is 2. The van der Waals surface area contributed by atoms with Gasteiger partial charge in [0.1, 0.15) is 11.5 Å². The highest BCUT2D eigenvalue weighted by Gasteiger charge is 2.36. The van der Waals surface area contributed by atoms with Crippen molar-refractivity contribution in [1.82, 2.24) is 5.32 Å². The van der Waals surface area contributed by atoms with E-state index in [1.165, 1.54) is 25.1 Å². The number of nitriles is 1. The molecule has 1 amide bonds. The molecule has 2 N–H and O–H groups in total. The number of nitrogens with zero attached hydrogens (tertiary/aromatic N) is 1. The lowest BCUT2D eigenvalue weighted by atomic mass is 9.85. The first-order valence-electron chi connectivity index (χ1n) is 10.8. The average molecular weight is 486 g/mol. The Kier molecular flexibility index (Phi) is 7.38. The number of Topliss-reactive ketones (excluding diaryl/α,β-unsaturated/α-hetero) is 1. The van der Waals surface area contributed by atoms with E-state index < -0.39 is 11.8 Å². The van der Waals surface area contributed by atoms with Gasteiger partial charge in [0.25, 0.3) is 5.91 Å². The van der Waals surface area contributed by atoms with Crippen molar-refractivity contribution in [2.45, 2.75) is 12.8 Å². The lowest BCUT2D eigenvalue weighted by Crippen LogP contribution is -2.30. The van der Waals surface area contributed by atoms with Crippen molar-refractivity contribution < 1.29 is 18.7 Å². The first kappa shape index (κ1) is 23.9. The Morgan fingerprint density at radius 2 is 1.86 bits per heavy atom. The number of hydrogen-bond donors (Lipinski definition) is 2. The topological polar surface area (TPSA) is 104 Å². The van der Waals surface area contributed by atoms with Crippen molar-refractivity contribution in [3.63, 3.8) is 0 Å². The van der Waals surface area contributed by atoms with Crippen LogP contribution in [-0.4, -0.2) is 24.6 Å². The zero-order chi connectivity index (χ0) is 24.8. The number of ketones is 1. The molecule has 35 heavy (non-hydrogen) atoms. The third kappa shape index (κ3) is 5.15. The van der Waals surface area contributed by atoms with E-state index >= 15 is 0 Å². The van der Waals surface area contributed by atoms with E-state index in [9.17, 15) is 14.9 Å². The smallest absolute Gasteiger partial charge is 0.254 e. The zero-order valence-corrected chi connectivity index (χ0v) is 20.0. The van der Waals surface area contributed by atoms with Gasteiger partial charge in [-0.25, -0.2) is 0 Å². The van der Waals surface area contributed by atoms with Crippen molar-refractivity contribution in [3.8, 4) is 11.8 Å². The molecular formula is C27H23N3O4S. The second-order valence-electron chi connectivity index (χ2n) is 7.70. The summed E-state index contributed by atoms with van der Waals surface area (Å²) in [6.07, 6.45) is 1.50. The van der Waals surface area contributed by atoms with E-state index in [2.05, 4.69) is 16.7 Å². The van der Waals surface area contributed by atoms with E-state index in [4.69, 9.17) is 9.15 Å². The second-order valence-corrected chi connectivity index (χ2v) is 8.68. The van der Waals surface area contributed by atoms with Gasteiger partial charge in [-0.15, -0.1) is 0 Å². The number of amides is 1. The Hall–Kier alpha value is -4.22. The summed E-state index contributed by atoms with van der Waals surface area (Å²) in [7, 11) is 1.53. The largest absolute Gasteiger partial charge is 0.495 e. The minimum Gasteiger partial charge on any atom is -0.495 e. The highest BCUT2D eigenvalue weighted by atomic mass is 32.2. The lowest BCUT2D eigenvalue weighted by Gasteiger charge is -2.28. The van der Waals surface area contributed by atoms with Gasteiger partial charge in [0.2, 0.25) is 0 Å². The quantitative estimate of drug-likeness (QED) is 0.421. The summed E-state index contributed by atoms with van der Waals surface area (Å²) in [6, 6.07) is 21.7. The Morgan fingerprint density at radius 3 is 2.54 bits per heavy atom. The molecule has 1 aliphatic rings. The molecule has 176 valence electrons. The summed E-state index contributed by atoms with van der Waals surface area (Å²) in [4.78, 5) is 26.1. The maximum atomic E-state index is 13.5. The van der Waals surface area contributed by atoms with Crippen LogP contribution in [0, 0.1) is 11.3 Å². The van der Waals surface area contributed by atoms with Crippen LogP contribution < -0.4 is 15.4 Å². The number of furan rings is 1. The third-order valence-electron chi connectivity index (χ3n) is 5.52. The molecule has 1 atom stereocenters. The van der Waals surface area contributed by atoms with Crippen LogP contribution in [0.3, 0.4) is 0 Å². The average Bonchev–Trinajstić information content (AvgIpc) is 3.42. The van der Waals surface area contributed by atoms with E-state index in [0.29, 0.717) is 44.6 Å². The van der Waals surface area contributed by atoms with Crippen LogP contribution in [-0.2, 0) is 4.79 Å². The number of ether oxygens (including phenoxy) is 1. The molecule has 7 nitrogen and oxygen atoms in total. The van der Waals surface area contributed by atoms with Crippen molar-refractivity contribution in [2.24, 2.45) is 0 Å². The Bertz CT molecular complexity index is 1340. The number of anilines is 1. The maximum Gasteiger partial charge on any atom is 0.254 e. The molecule has 3 aromatic rings. The molecule has 0 fully saturated rings. The molecule has 0 unspecified atom stereocenters. The van der Waals surface area contributed by atoms with Gasteiger partial charge in [-0.3, -0.25) is 9.59 Å². The number of methoxy groups -OCH3 is 1. The first-order valence-corrected chi connectivity index (χ1v) is 11.8. The van der Waals surface area contributed by atoms with Gasteiger partial charge in [-0.1, -0.05) is 54.2 Å². The number of hydrogen-bond acceptors (Lipinski definition) is 7. The highest BCUT2D eigenvalue weighted by Crippen LogP contribution is 2.41. The van der Waals surface area contributed by atoms with Gasteiger partial charge < -0.3 is 19.8 Å². The molecule has 0 aliphatic carbocycles. The molecule has 0 saturated heterocycles. The van der Waals surface area contributed by atoms with Gasteiger partial charge in [-0.05, 0) is 31.2 Å². The molecule has 1 aliphatic heterocycles. The zero-order valence-electron chi connectivity index (χ0n) is 19.2. The molecular weight excluding hydrogens is 462 g/mol. The summed E-state index contributed by atoms with van der Waals surface area (Å²) in [5.41, 5.74) is 2.33. The summed E-state index contributed by atoms with van der Waals surface area (Å²) >= 11 is 1.23. The van der Waals surface area contributed by atoms with Gasteiger partial charge in [-0.2, -0.15) is 5.26 Å². The summed E-state index contributed by atoms with van der Waals surface area (Å²) in [5, 5.41) is 16.7. The first-order chi connectivity index (χ1) is 17.0. The van der Waals surface area contributed by atoms with Crippen LogP contribution in [0.4, 0.5) is 5.69 Å². The van der Waals surface area contributed by atoms with Crippen LogP contribution in [0.1, 0.15) is 29.0 Å². The number of thioether (sulfide) groups is 1. The predicted molar refractivity (Wildman–Crippen MR) is 135 cm³/mol. The number of carbonyl (C=O) groups excluding carboxylic acids is 2. The van der Waals surface area contributed by atoms with Crippen molar-refractivity contribution in [1.29, 1.82) is 5.26 Å². The standard InChI is InChI=1S/C27H23N3O4S/c1-17-24(26(32)30-20-11-6-7-12-22(20)33-2)25(23-13-8-14-34-23)19(15-28)27(29-17)35-16-21(31)18-9-4-3-5-10-18/h3-14,25,29H,16H2,1-2H3,(H,30,32)/t25-/m1/s1. The predicted octanol–water partition coefficient (Wildman–Crippen LogP) is 5.24. The fourth-order valence-electron chi connectivity index (χ4n) is 3.85. The minimum absolute atomic E-state index is 0.0573. The molecule has 0 saturated carbocycles. The SMILES string of the molecule is COc1ccccc1NC(=O)C1=C(C)NC(SCC(=O)c2ccccc2)=C(C#N)[C@@H]1c1ccco1. The maximum absolute atomic E-state index is 13.5. The molecule has 2 heterocycles. The number of carbonyl (C=O) groups is 2. The van der Waals surface area contributed by atoms with Gasteiger partial charge >= 0.3 is 0 Å². The number of benzene rings is 2. The summed E-state index contributed by atoms with van der Waals surface area (Å²) < 4.78 is 11.0. The molecule has 0 bridgehead atoms. The molecule has 8 heteroatoms.